The number of hydrogen-bond acceptors (Lipinski definition) is 7. The van der Waals surface area contributed by atoms with Crippen molar-refractivity contribution in [2.24, 2.45) is 0 Å². The number of aliphatic hydroxyl groups excluding tert-OH is 1. The van der Waals surface area contributed by atoms with E-state index >= 15 is 0 Å². The molecule has 7 nitrogen and oxygen atoms in total. The highest BCUT2D eigenvalue weighted by Crippen LogP contribution is 2.25. The molecule has 1 aromatic heterocycles. The maximum atomic E-state index is 11.9. The van der Waals surface area contributed by atoms with Crippen LogP contribution in [0.4, 0.5) is 0 Å². The molecule has 1 aromatic carbocycles. The third kappa shape index (κ3) is 4.20. The third-order valence-electron chi connectivity index (χ3n) is 3.67. The van der Waals surface area contributed by atoms with Crippen LogP contribution < -0.4 is 0 Å². The molecule has 0 aliphatic carbocycles. The van der Waals surface area contributed by atoms with Crippen LogP contribution >= 0.6 is 0 Å². The second kappa shape index (κ2) is 7.27. The van der Waals surface area contributed by atoms with E-state index in [1.165, 1.54) is 18.2 Å². The maximum absolute atomic E-state index is 11.9. The first kappa shape index (κ1) is 17.7. The van der Waals surface area contributed by atoms with Crippen molar-refractivity contribution >= 4 is 5.97 Å². The molecule has 7 heteroatoms. The van der Waals surface area contributed by atoms with E-state index in [0.29, 0.717) is 17.0 Å². The van der Waals surface area contributed by atoms with Crippen LogP contribution in [0.3, 0.4) is 0 Å². The summed E-state index contributed by atoms with van der Waals surface area (Å²) in [5.41, 5.74) is 3.28. The molecular weight excluding hydrogens is 312 g/mol. The molecule has 1 heterocycles. The van der Waals surface area contributed by atoms with Crippen LogP contribution in [0.2, 0.25) is 0 Å². The fourth-order valence-corrected chi connectivity index (χ4v) is 2.14. The molecule has 2 aromatic rings. The van der Waals surface area contributed by atoms with Gasteiger partial charge in [-0.05, 0) is 38.5 Å². The molecule has 2 rings (SSSR count). The van der Waals surface area contributed by atoms with Crippen LogP contribution in [-0.4, -0.2) is 37.4 Å². The Labute approximate surface area is 139 Å². The lowest BCUT2D eigenvalue weighted by Crippen LogP contribution is -2.25. The fraction of sp³-hybridized carbons (Fsp3) is 0.353. The minimum Gasteiger partial charge on any atom is -0.504 e. The molecule has 128 valence electrons. The standard InChI is InChI=1S/C17H20N2O5/c1-9-10(2)19-13(11(3)18-9)8-24-17(23)16(22)7-12-4-5-14(20)15(21)6-12/h4-6,16,20-22H,7-8H2,1-3H3/t16-/m1/s1. The van der Waals surface area contributed by atoms with Crippen molar-refractivity contribution < 1.29 is 24.9 Å². The number of aryl methyl sites for hydroxylation is 3. The van der Waals surface area contributed by atoms with Gasteiger partial charge in [0.1, 0.15) is 6.61 Å². The first-order valence-corrected chi connectivity index (χ1v) is 7.44. The van der Waals surface area contributed by atoms with E-state index in [9.17, 15) is 20.1 Å². The average molecular weight is 332 g/mol. The molecule has 0 aliphatic rings. The van der Waals surface area contributed by atoms with Crippen LogP contribution in [0.25, 0.3) is 0 Å². The Balaban J connectivity index is 1.96. The zero-order chi connectivity index (χ0) is 17.9. The number of phenolic OH excluding ortho intramolecular Hbond substituents is 2. The number of carbonyl (C=O) groups is 1. The molecule has 3 N–H and O–H groups in total. The van der Waals surface area contributed by atoms with E-state index in [4.69, 9.17) is 4.74 Å². The first-order valence-electron chi connectivity index (χ1n) is 7.44. The second-order valence-corrected chi connectivity index (χ2v) is 5.58. The smallest absolute Gasteiger partial charge is 0.335 e. The van der Waals surface area contributed by atoms with Gasteiger partial charge in [-0.15, -0.1) is 0 Å². The van der Waals surface area contributed by atoms with Crippen molar-refractivity contribution in [3.63, 3.8) is 0 Å². The van der Waals surface area contributed by atoms with Crippen molar-refractivity contribution in [1.29, 1.82) is 0 Å². The number of hydrogen-bond donors (Lipinski definition) is 3. The van der Waals surface area contributed by atoms with Crippen molar-refractivity contribution in [3.8, 4) is 11.5 Å². The lowest BCUT2D eigenvalue weighted by molar-refractivity contribution is -0.154. The Bertz CT molecular complexity index is 761. The number of aromatic nitrogens is 2. The van der Waals surface area contributed by atoms with Crippen molar-refractivity contribution in [2.75, 3.05) is 0 Å². The van der Waals surface area contributed by atoms with Crippen LogP contribution in [0.5, 0.6) is 11.5 Å². The number of aromatic hydroxyl groups is 2. The molecule has 0 radical (unpaired) electrons. The van der Waals surface area contributed by atoms with Gasteiger partial charge < -0.3 is 20.1 Å². The van der Waals surface area contributed by atoms with Gasteiger partial charge >= 0.3 is 5.97 Å². The maximum Gasteiger partial charge on any atom is 0.335 e. The summed E-state index contributed by atoms with van der Waals surface area (Å²) in [7, 11) is 0. The Hall–Kier alpha value is -2.67. The third-order valence-corrected chi connectivity index (χ3v) is 3.67. The molecular formula is C17H20N2O5. The molecule has 0 amide bonds. The van der Waals surface area contributed by atoms with Gasteiger partial charge in [-0.3, -0.25) is 9.97 Å². The highest BCUT2D eigenvalue weighted by Gasteiger charge is 2.19. The van der Waals surface area contributed by atoms with Gasteiger partial charge in [0.25, 0.3) is 0 Å². The lowest BCUT2D eigenvalue weighted by Gasteiger charge is -2.12. The number of ether oxygens (including phenoxy) is 1. The monoisotopic (exact) mass is 332 g/mol. The number of carbonyl (C=O) groups excluding carboxylic acids is 1. The molecule has 1 atom stereocenters. The van der Waals surface area contributed by atoms with Gasteiger partial charge in [0, 0.05) is 6.42 Å². The Kier molecular flexibility index (Phi) is 5.35. The quantitative estimate of drug-likeness (QED) is 0.561. The van der Waals surface area contributed by atoms with Gasteiger partial charge in [0.05, 0.1) is 22.8 Å². The Morgan fingerprint density at radius 2 is 1.75 bits per heavy atom. The van der Waals surface area contributed by atoms with Crippen molar-refractivity contribution in [2.45, 2.75) is 39.9 Å². The summed E-state index contributed by atoms with van der Waals surface area (Å²) in [6.07, 6.45) is -1.42. The molecule has 0 aliphatic heterocycles. The summed E-state index contributed by atoms with van der Waals surface area (Å²) in [5, 5.41) is 28.6. The van der Waals surface area contributed by atoms with Crippen molar-refractivity contribution in [1.82, 2.24) is 9.97 Å². The molecule has 0 fully saturated rings. The van der Waals surface area contributed by atoms with E-state index in [1.54, 1.807) is 6.92 Å². The van der Waals surface area contributed by atoms with Crippen LogP contribution in [0.15, 0.2) is 18.2 Å². The van der Waals surface area contributed by atoms with E-state index in [1.807, 2.05) is 13.8 Å². The SMILES string of the molecule is Cc1nc(C)c(COC(=O)[C@H](O)Cc2ccc(O)c(O)c2)nc1C. The highest BCUT2D eigenvalue weighted by molar-refractivity contribution is 5.74. The number of aliphatic hydroxyl groups is 1. The number of rotatable bonds is 5. The Morgan fingerprint density at radius 1 is 1.08 bits per heavy atom. The zero-order valence-electron chi connectivity index (χ0n) is 13.8. The normalized spacial score (nSPS) is 12.0. The van der Waals surface area contributed by atoms with Gasteiger partial charge in [-0.2, -0.15) is 0 Å². The molecule has 0 bridgehead atoms. The largest absolute Gasteiger partial charge is 0.504 e. The number of benzene rings is 1. The second-order valence-electron chi connectivity index (χ2n) is 5.58. The summed E-state index contributed by atoms with van der Waals surface area (Å²) in [6.45, 7) is 5.37. The van der Waals surface area contributed by atoms with E-state index in [-0.39, 0.29) is 24.5 Å². The van der Waals surface area contributed by atoms with E-state index < -0.39 is 12.1 Å². The summed E-state index contributed by atoms with van der Waals surface area (Å²) in [6, 6.07) is 4.08. The highest BCUT2D eigenvalue weighted by atomic mass is 16.5. The summed E-state index contributed by atoms with van der Waals surface area (Å²) < 4.78 is 5.09. The molecule has 0 spiro atoms. The zero-order valence-corrected chi connectivity index (χ0v) is 13.8. The summed E-state index contributed by atoms with van der Waals surface area (Å²) in [5.74, 6) is -1.37. The van der Waals surface area contributed by atoms with Gasteiger partial charge in [0.2, 0.25) is 0 Å². The number of nitrogens with zero attached hydrogens (tertiary/aromatic N) is 2. The fourth-order valence-electron chi connectivity index (χ4n) is 2.14. The van der Waals surface area contributed by atoms with Crippen LogP contribution in [0.1, 0.15) is 28.3 Å². The van der Waals surface area contributed by atoms with Gasteiger partial charge in [-0.25, -0.2) is 4.79 Å². The minimum absolute atomic E-state index is 0.0374. The molecule has 0 saturated carbocycles. The molecule has 0 saturated heterocycles. The van der Waals surface area contributed by atoms with E-state index in [2.05, 4.69) is 9.97 Å². The predicted octanol–water partition coefficient (Wildman–Crippen LogP) is 1.46. The summed E-state index contributed by atoms with van der Waals surface area (Å²) >= 11 is 0. The lowest BCUT2D eigenvalue weighted by atomic mass is 10.1. The van der Waals surface area contributed by atoms with Crippen LogP contribution in [-0.2, 0) is 22.6 Å². The minimum atomic E-state index is -1.38. The van der Waals surface area contributed by atoms with Gasteiger partial charge in [0.15, 0.2) is 17.6 Å². The number of esters is 1. The van der Waals surface area contributed by atoms with Gasteiger partial charge in [-0.1, -0.05) is 6.07 Å². The Morgan fingerprint density at radius 3 is 2.42 bits per heavy atom. The predicted molar refractivity (Wildman–Crippen MR) is 85.5 cm³/mol. The molecule has 0 unspecified atom stereocenters. The number of phenols is 2. The average Bonchev–Trinajstić information content (AvgIpc) is 2.52. The van der Waals surface area contributed by atoms with Crippen LogP contribution in [0, 0.1) is 20.8 Å². The van der Waals surface area contributed by atoms with E-state index in [0.717, 1.165) is 11.4 Å². The topological polar surface area (TPSA) is 113 Å². The van der Waals surface area contributed by atoms with Crippen molar-refractivity contribution in [3.05, 3.63) is 46.5 Å². The summed E-state index contributed by atoms with van der Waals surface area (Å²) in [4.78, 5) is 20.5. The first-order chi connectivity index (χ1) is 11.3. The molecule has 24 heavy (non-hydrogen) atoms.